The van der Waals surface area contributed by atoms with Crippen LogP contribution in [0, 0.1) is 0 Å². The summed E-state index contributed by atoms with van der Waals surface area (Å²) in [4.78, 5) is 4.77. The molecule has 19 heavy (non-hydrogen) atoms. The lowest BCUT2D eigenvalue weighted by molar-refractivity contribution is 0.670. The van der Waals surface area contributed by atoms with Crippen molar-refractivity contribution in [3.8, 4) is 0 Å². The minimum atomic E-state index is 0.318. The Morgan fingerprint density at radius 2 is 1.95 bits per heavy atom. The summed E-state index contributed by atoms with van der Waals surface area (Å²) in [5.74, 6) is 2.93. The van der Waals surface area contributed by atoms with Crippen molar-refractivity contribution in [2.45, 2.75) is 37.5 Å². The Hall–Kier alpha value is -1.84. The van der Waals surface area contributed by atoms with E-state index in [4.69, 9.17) is 4.98 Å². The number of nitrogens with zero attached hydrogens (tertiary/aromatic N) is 2. The van der Waals surface area contributed by atoms with Gasteiger partial charge in [-0.25, -0.2) is 4.98 Å². The summed E-state index contributed by atoms with van der Waals surface area (Å²) in [5, 5.41) is 11.1. The van der Waals surface area contributed by atoms with Gasteiger partial charge in [0.25, 0.3) is 0 Å². The third-order valence-corrected chi connectivity index (χ3v) is 4.40. The summed E-state index contributed by atoms with van der Waals surface area (Å²) in [6.07, 6.45) is 5.14. The van der Waals surface area contributed by atoms with Crippen molar-refractivity contribution in [2.24, 2.45) is 0 Å². The van der Waals surface area contributed by atoms with Gasteiger partial charge in [-0.05, 0) is 24.5 Å². The molecule has 2 heterocycles. The maximum absolute atomic E-state index is 4.77. The summed E-state index contributed by atoms with van der Waals surface area (Å²) in [5.41, 5.74) is 2.56. The molecule has 0 radical (unpaired) electrons. The van der Waals surface area contributed by atoms with Crippen LogP contribution in [0.15, 0.2) is 24.3 Å². The summed E-state index contributed by atoms with van der Waals surface area (Å²) in [6, 6.07) is 8.47. The van der Waals surface area contributed by atoms with Crippen LogP contribution in [0.25, 0.3) is 0 Å². The van der Waals surface area contributed by atoms with Crippen LogP contribution in [0.3, 0.4) is 0 Å². The van der Waals surface area contributed by atoms with Crippen molar-refractivity contribution in [3.05, 3.63) is 41.5 Å². The lowest BCUT2D eigenvalue weighted by atomic mass is 10.0. The first-order chi connectivity index (χ1) is 9.42. The highest BCUT2D eigenvalue weighted by Crippen LogP contribution is 2.36. The fourth-order valence-corrected chi connectivity index (χ4v) is 3.34. The van der Waals surface area contributed by atoms with Gasteiger partial charge in [-0.2, -0.15) is 5.10 Å². The van der Waals surface area contributed by atoms with Gasteiger partial charge in [0.15, 0.2) is 5.82 Å². The number of hydrogen-bond donors (Lipinski definition) is 2. The highest BCUT2D eigenvalue weighted by molar-refractivity contribution is 5.59. The molecule has 0 spiro atoms. The first-order valence-corrected chi connectivity index (χ1v) is 7.17. The molecule has 4 nitrogen and oxygen atoms in total. The molecule has 1 aliphatic carbocycles. The molecule has 1 unspecified atom stereocenters. The number of nitrogens with one attached hydrogen (secondary N) is 2. The lowest BCUT2D eigenvalue weighted by Gasteiger charge is -2.05. The number of H-pyrrole nitrogens is 1. The SMILES string of the molecule is c1ccc2c(c1)NCC2c1nc(C2CCCC2)n[nH]1. The molecule has 2 aromatic rings. The quantitative estimate of drug-likeness (QED) is 0.866. The number of para-hydroxylation sites is 1. The van der Waals surface area contributed by atoms with E-state index in [1.165, 1.54) is 36.9 Å². The first kappa shape index (κ1) is 11.0. The standard InChI is InChI=1S/C15H18N4/c1-2-6-10(5-1)14-17-15(19-18-14)12-9-16-13-8-4-3-7-11(12)13/h3-4,7-8,10,12,16H,1-2,5-6,9H2,(H,17,18,19). The zero-order valence-corrected chi connectivity index (χ0v) is 10.9. The second-order valence-electron chi connectivity index (χ2n) is 5.58. The summed E-state index contributed by atoms with van der Waals surface area (Å²) >= 11 is 0. The number of aromatic nitrogens is 3. The maximum Gasteiger partial charge on any atom is 0.153 e. The second-order valence-corrected chi connectivity index (χ2v) is 5.58. The van der Waals surface area contributed by atoms with Gasteiger partial charge in [0.1, 0.15) is 5.82 Å². The molecule has 1 saturated carbocycles. The van der Waals surface area contributed by atoms with E-state index in [2.05, 4.69) is 39.8 Å². The molecule has 1 aliphatic heterocycles. The van der Waals surface area contributed by atoms with E-state index < -0.39 is 0 Å². The Bertz CT molecular complexity index is 583. The highest BCUT2D eigenvalue weighted by atomic mass is 15.2. The topological polar surface area (TPSA) is 53.6 Å². The Labute approximate surface area is 112 Å². The smallest absolute Gasteiger partial charge is 0.153 e. The van der Waals surface area contributed by atoms with Crippen molar-refractivity contribution >= 4 is 5.69 Å². The molecule has 2 N–H and O–H groups in total. The zero-order valence-electron chi connectivity index (χ0n) is 10.9. The molecule has 1 atom stereocenters. The molecule has 98 valence electrons. The average molecular weight is 254 g/mol. The van der Waals surface area contributed by atoms with Gasteiger partial charge in [-0.1, -0.05) is 31.0 Å². The predicted molar refractivity (Wildman–Crippen MR) is 74.4 cm³/mol. The summed E-state index contributed by atoms with van der Waals surface area (Å²) in [6.45, 7) is 0.915. The zero-order chi connectivity index (χ0) is 12.7. The van der Waals surface area contributed by atoms with E-state index in [9.17, 15) is 0 Å². The number of aromatic amines is 1. The Kier molecular flexibility index (Phi) is 2.53. The molecule has 0 amide bonds. The molecule has 0 bridgehead atoms. The van der Waals surface area contributed by atoms with Crippen molar-refractivity contribution in [3.63, 3.8) is 0 Å². The van der Waals surface area contributed by atoms with Gasteiger partial charge in [-0.3, -0.25) is 5.10 Å². The van der Waals surface area contributed by atoms with E-state index in [0.717, 1.165) is 18.2 Å². The Balaban J connectivity index is 1.63. The van der Waals surface area contributed by atoms with Crippen molar-refractivity contribution < 1.29 is 0 Å². The van der Waals surface area contributed by atoms with Crippen LogP contribution in [0.1, 0.15) is 54.7 Å². The van der Waals surface area contributed by atoms with Gasteiger partial charge in [0.05, 0.1) is 5.92 Å². The van der Waals surface area contributed by atoms with Crippen LogP contribution in [0.5, 0.6) is 0 Å². The summed E-state index contributed by atoms with van der Waals surface area (Å²) in [7, 11) is 0. The van der Waals surface area contributed by atoms with Crippen LogP contribution >= 0.6 is 0 Å². The lowest BCUT2D eigenvalue weighted by Crippen LogP contribution is -2.06. The van der Waals surface area contributed by atoms with Crippen molar-refractivity contribution in [1.29, 1.82) is 0 Å². The molecular formula is C15H18N4. The van der Waals surface area contributed by atoms with E-state index in [0.29, 0.717) is 11.8 Å². The minimum absolute atomic E-state index is 0.318. The van der Waals surface area contributed by atoms with Crippen LogP contribution in [0.2, 0.25) is 0 Å². The van der Waals surface area contributed by atoms with E-state index >= 15 is 0 Å². The fourth-order valence-electron chi connectivity index (χ4n) is 3.34. The third kappa shape index (κ3) is 1.82. The van der Waals surface area contributed by atoms with Gasteiger partial charge < -0.3 is 5.32 Å². The Morgan fingerprint density at radius 1 is 1.11 bits per heavy atom. The van der Waals surface area contributed by atoms with Gasteiger partial charge in [-0.15, -0.1) is 0 Å². The third-order valence-electron chi connectivity index (χ3n) is 4.40. The number of fused-ring (bicyclic) bond motifs is 1. The number of hydrogen-bond acceptors (Lipinski definition) is 3. The van der Waals surface area contributed by atoms with Gasteiger partial charge in [0, 0.05) is 18.2 Å². The van der Waals surface area contributed by atoms with Gasteiger partial charge >= 0.3 is 0 Å². The van der Waals surface area contributed by atoms with E-state index in [1.54, 1.807) is 0 Å². The van der Waals surface area contributed by atoms with Gasteiger partial charge in [0.2, 0.25) is 0 Å². The minimum Gasteiger partial charge on any atom is -0.384 e. The molecule has 0 saturated heterocycles. The number of rotatable bonds is 2. The predicted octanol–water partition coefficient (Wildman–Crippen LogP) is 3.02. The molecule has 1 aromatic carbocycles. The Morgan fingerprint density at radius 3 is 2.84 bits per heavy atom. The van der Waals surface area contributed by atoms with Crippen LogP contribution < -0.4 is 5.32 Å². The molecule has 4 rings (SSSR count). The van der Waals surface area contributed by atoms with Crippen molar-refractivity contribution in [1.82, 2.24) is 15.2 Å². The molecule has 2 aliphatic rings. The number of anilines is 1. The molecule has 4 heteroatoms. The largest absolute Gasteiger partial charge is 0.384 e. The van der Waals surface area contributed by atoms with E-state index in [-0.39, 0.29) is 0 Å². The van der Waals surface area contributed by atoms with Crippen LogP contribution in [-0.4, -0.2) is 21.7 Å². The van der Waals surface area contributed by atoms with Crippen LogP contribution in [-0.2, 0) is 0 Å². The molecular weight excluding hydrogens is 236 g/mol. The maximum atomic E-state index is 4.77. The molecule has 1 aromatic heterocycles. The normalized spacial score (nSPS) is 22.4. The van der Waals surface area contributed by atoms with Crippen molar-refractivity contribution in [2.75, 3.05) is 11.9 Å². The fraction of sp³-hybridized carbons (Fsp3) is 0.467. The average Bonchev–Trinajstić information content (AvgIpc) is 3.18. The van der Waals surface area contributed by atoms with Crippen LogP contribution in [0.4, 0.5) is 5.69 Å². The van der Waals surface area contributed by atoms with E-state index in [1.807, 2.05) is 0 Å². The summed E-state index contributed by atoms with van der Waals surface area (Å²) < 4.78 is 0. The highest BCUT2D eigenvalue weighted by Gasteiger charge is 2.28. The monoisotopic (exact) mass is 254 g/mol. The first-order valence-electron chi connectivity index (χ1n) is 7.17. The second kappa shape index (κ2) is 4.37. The molecule has 1 fully saturated rings. The number of benzene rings is 1.